The van der Waals surface area contributed by atoms with Gasteiger partial charge in [-0.15, -0.1) is 5.06 Å². The van der Waals surface area contributed by atoms with Crippen LogP contribution < -0.4 is 4.84 Å². The quantitative estimate of drug-likeness (QED) is 0.806. The van der Waals surface area contributed by atoms with Crippen LogP contribution in [-0.2, 0) is 0 Å². The molecule has 0 atom stereocenters. The van der Waals surface area contributed by atoms with Crippen LogP contribution in [0.2, 0.25) is 0 Å². The van der Waals surface area contributed by atoms with Crippen molar-refractivity contribution in [1.29, 1.82) is 0 Å². The number of fused-ring (bicyclic) bond motifs is 1. The van der Waals surface area contributed by atoms with Gasteiger partial charge in [-0.3, -0.25) is 0 Å². The molecule has 2 aromatic rings. The topological polar surface area (TPSA) is 12.5 Å². The highest BCUT2D eigenvalue weighted by Gasteiger charge is 2.11. The van der Waals surface area contributed by atoms with Gasteiger partial charge in [-0.25, -0.2) is 0 Å². The summed E-state index contributed by atoms with van der Waals surface area (Å²) >= 11 is 1.99. The molecular weight excluding hydrogens is 230 g/mol. The Morgan fingerprint density at radius 3 is 2.53 bits per heavy atom. The first-order valence-corrected chi connectivity index (χ1v) is 7.07. The molecule has 2 nitrogen and oxygen atoms in total. The molecule has 0 radical (unpaired) electrons. The Kier molecular flexibility index (Phi) is 3.20. The van der Waals surface area contributed by atoms with E-state index in [1.807, 2.05) is 17.8 Å². The van der Waals surface area contributed by atoms with E-state index in [9.17, 15) is 0 Å². The second-order valence-electron chi connectivity index (χ2n) is 4.14. The Morgan fingerprint density at radius 1 is 0.941 bits per heavy atom. The molecule has 0 amide bonds. The fourth-order valence-electron chi connectivity index (χ4n) is 2.01. The van der Waals surface area contributed by atoms with Crippen molar-refractivity contribution < 1.29 is 4.84 Å². The van der Waals surface area contributed by atoms with Crippen molar-refractivity contribution >= 4 is 22.5 Å². The summed E-state index contributed by atoms with van der Waals surface area (Å²) in [4.78, 5) is 5.88. The van der Waals surface area contributed by atoms with Gasteiger partial charge >= 0.3 is 0 Å². The van der Waals surface area contributed by atoms with Gasteiger partial charge in [0.05, 0.1) is 0 Å². The lowest BCUT2D eigenvalue weighted by Gasteiger charge is -2.25. The molecule has 1 aliphatic heterocycles. The standard InChI is InChI=1S/C14H15NOS/c1-2-4-13-11-14(6-5-12(13)3-1)16-15-7-9-17-10-8-15/h1-6,11H,7-10H2. The van der Waals surface area contributed by atoms with Crippen molar-refractivity contribution in [3.05, 3.63) is 42.5 Å². The lowest BCUT2D eigenvalue weighted by molar-refractivity contribution is -0.0487. The third kappa shape index (κ3) is 2.56. The predicted molar refractivity (Wildman–Crippen MR) is 73.5 cm³/mol. The molecule has 1 saturated heterocycles. The van der Waals surface area contributed by atoms with E-state index in [2.05, 4.69) is 41.5 Å². The summed E-state index contributed by atoms with van der Waals surface area (Å²) in [6, 6.07) is 14.6. The van der Waals surface area contributed by atoms with Crippen LogP contribution in [0, 0.1) is 0 Å². The zero-order chi connectivity index (χ0) is 11.5. The van der Waals surface area contributed by atoms with Gasteiger partial charge in [0, 0.05) is 24.6 Å². The Labute approximate surface area is 106 Å². The van der Waals surface area contributed by atoms with Crippen molar-refractivity contribution in [1.82, 2.24) is 5.06 Å². The normalized spacial score (nSPS) is 17.2. The number of hydroxylamine groups is 2. The molecule has 2 aromatic carbocycles. The number of hydrogen-bond donors (Lipinski definition) is 0. The molecule has 0 bridgehead atoms. The number of hydrogen-bond acceptors (Lipinski definition) is 3. The molecule has 0 aromatic heterocycles. The minimum absolute atomic E-state index is 0.940. The summed E-state index contributed by atoms with van der Waals surface area (Å²) in [5, 5.41) is 4.55. The van der Waals surface area contributed by atoms with E-state index >= 15 is 0 Å². The molecule has 0 spiro atoms. The van der Waals surface area contributed by atoms with Crippen molar-refractivity contribution in [3.63, 3.8) is 0 Å². The van der Waals surface area contributed by atoms with Gasteiger partial charge in [0.25, 0.3) is 0 Å². The van der Waals surface area contributed by atoms with Crippen LogP contribution in [0.25, 0.3) is 10.8 Å². The Bertz CT molecular complexity index is 508. The van der Waals surface area contributed by atoms with E-state index in [0.717, 1.165) is 30.3 Å². The predicted octanol–water partition coefficient (Wildman–Crippen LogP) is 3.18. The number of thioether (sulfide) groups is 1. The van der Waals surface area contributed by atoms with E-state index in [1.165, 1.54) is 10.8 Å². The molecule has 0 N–H and O–H groups in total. The van der Waals surface area contributed by atoms with E-state index in [-0.39, 0.29) is 0 Å². The van der Waals surface area contributed by atoms with Crippen LogP contribution in [0.1, 0.15) is 0 Å². The summed E-state index contributed by atoms with van der Waals surface area (Å²) in [5.41, 5.74) is 0. The van der Waals surface area contributed by atoms with Crippen molar-refractivity contribution in [2.75, 3.05) is 24.6 Å². The number of benzene rings is 2. The van der Waals surface area contributed by atoms with Gasteiger partial charge in [0.15, 0.2) is 0 Å². The highest BCUT2D eigenvalue weighted by Crippen LogP contribution is 2.22. The molecule has 17 heavy (non-hydrogen) atoms. The highest BCUT2D eigenvalue weighted by atomic mass is 32.2. The van der Waals surface area contributed by atoms with Crippen LogP contribution in [-0.4, -0.2) is 29.7 Å². The van der Waals surface area contributed by atoms with Crippen molar-refractivity contribution in [2.24, 2.45) is 0 Å². The summed E-state index contributed by atoms with van der Waals surface area (Å²) in [6.07, 6.45) is 0. The second-order valence-corrected chi connectivity index (χ2v) is 5.37. The van der Waals surface area contributed by atoms with E-state index in [1.54, 1.807) is 0 Å². The van der Waals surface area contributed by atoms with Crippen molar-refractivity contribution in [2.45, 2.75) is 0 Å². The third-order valence-electron chi connectivity index (χ3n) is 2.93. The fourth-order valence-corrected chi connectivity index (χ4v) is 2.88. The summed E-state index contributed by atoms with van der Waals surface area (Å²) in [7, 11) is 0. The third-order valence-corrected chi connectivity index (χ3v) is 3.87. The molecule has 3 heteroatoms. The van der Waals surface area contributed by atoms with Crippen LogP contribution in [0.15, 0.2) is 42.5 Å². The first kappa shape index (κ1) is 10.9. The van der Waals surface area contributed by atoms with Crippen LogP contribution >= 0.6 is 11.8 Å². The molecule has 0 aliphatic carbocycles. The monoisotopic (exact) mass is 245 g/mol. The fraction of sp³-hybridized carbons (Fsp3) is 0.286. The molecule has 1 fully saturated rings. The lowest BCUT2D eigenvalue weighted by atomic mass is 10.1. The lowest BCUT2D eigenvalue weighted by Crippen LogP contribution is -2.35. The number of nitrogens with zero attached hydrogens (tertiary/aromatic N) is 1. The van der Waals surface area contributed by atoms with E-state index < -0.39 is 0 Å². The first-order valence-electron chi connectivity index (χ1n) is 5.91. The summed E-state index contributed by atoms with van der Waals surface area (Å²) in [6.45, 7) is 2.02. The van der Waals surface area contributed by atoms with Gasteiger partial charge in [0.2, 0.25) is 0 Å². The Balaban J connectivity index is 1.80. The van der Waals surface area contributed by atoms with Crippen LogP contribution in [0.3, 0.4) is 0 Å². The molecular formula is C14H15NOS. The smallest absolute Gasteiger partial charge is 0.148 e. The maximum absolute atomic E-state index is 5.88. The Morgan fingerprint density at radius 2 is 1.71 bits per heavy atom. The second kappa shape index (κ2) is 4.98. The molecule has 1 heterocycles. The molecule has 0 saturated carbocycles. The maximum atomic E-state index is 5.88. The van der Waals surface area contributed by atoms with E-state index in [0.29, 0.717) is 0 Å². The first-order chi connectivity index (χ1) is 8.42. The summed E-state index contributed by atoms with van der Waals surface area (Å²) < 4.78 is 0. The minimum Gasteiger partial charge on any atom is -0.406 e. The molecule has 0 unspecified atom stereocenters. The van der Waals surface area contributed by atoms with Crippen LogP contribution in [0.5, 0.6) is 5.75 Å². The minimum atomic E-state index is 0.940. The van der Waals surface area contributed by atoms with Gasteiger partial charge in [0.1, 0.15) is 5.75 Å². The molecule has 1 aliphatic rings. The maximum Gasteiger partial charge on any atom is 0.148 e. The van der Waals surface area contributed by atoms with Gasteiger partial charge < -0.3 is 4.84 Å². The molecule has 88 valence electrons. The zero-order valence-corrected chi connectivity index (χ0v) is 10.5. The molecule has 3 rings (SSSR count). The van der Waals surface area contributed by atoms with Gasteiger partial charge in [-0.05, 0) is 22.9 Å². The largest absolute Gasteiger partial charge is 0.406 e. The van der Waals surface area contributed by atoms with E-state index in [4.69, 9.17) is 4.84 Å². The van der Waals surface area contributed by atoms with Crippen LogP contribution in [0.4, 0.5) is 0 Å². The SMILES string of the molecule is c1ccc2cc(ON3CCSCC3)ccc2c1. The Hall–Kier alpha value is -1.19. The zero-order valence-electron chi connectivity index (χ0n) is 9.63. The van der Waals surface area contributed by atoms with Gasteiger partial charge in [-0.1, -0.05) is 30.3 Å². The average Bonchev–Trinajstić information content (AvgIpc) is 2.40. The average molecular weight is 245 g/mol. The summed E-state index contributed by atoms with van der Waals surface area (Å²) in [5.74, 6) is 3.26. The van der Waals surface area contributed by atoms with Gasteiger partial charge in [-0.2, -0.15) is 11.8 Å². The number of rotatable bonds is 2. The highest BCUT2D eigenvalue weighted by molar-refractivity contribution is 7.99. The van der Waals surface area contributed by atoms with Crippen molar-refractivity contribution in [3.8, 4) is 5.75 Å².